The molecular weight excluding hydrogens is 412 g/mol. The van der Waals surface area contributed by atoms with E-state index in [1.807, 2.05) is 0 Å². The summed E-state index contributed by atoms with van der Waals surface area (Å²) in [5.74, 6) is 0. The molecule has 0 N–H and O–H groups in total. The molecule has 0 aromatic rings. The molecule has 0 aromatic heterocycles. The van der Waals surface area contributed by atoms with Crippen LogP contribution in [0.15, 0.2) is 12.4 Å². The van der Waals surface area contributed by atoms with Crippen molar-refractivity contribution in [3.05, 3.63) is 12.4 Å². The summed E-state index contributed by atoms with van der Waals surface area (Å²) in [6, 6.07) is 0. The lowest BCUT2D eigenvalue weighted by atomic mass is 10.0. The molecule has 0 aromatic carbocycles. The van der Waals surface area contributed by atoms with Crippen molar-refractivity contribution in [1.82, 2.24) is 9.80 Å². The van der Waals surface area contributed by atoms with E-state index in [1.165, 1.54) is 167 Å². The highest BCUT2D eigenvalue weighted by Gasteiger charge is 2.24. The van der Waals surface area contributed by atoms with Crippen LogP contribution in [0.25, 0.3) is 0 Å². The second-order valence-corrected chi connectivity index (χ2v) is 11.1. The molecule has 0 bridgehead atoms. The third-order valence-corrected chi connectivity index (χ3v) is 7.82. The molecule has 0 saturated heterocycles. The van der Waals surface area contributed by atoms with Crippen molar-refractivity contribution in [3.63, 3.8) is 0 Å². The molecule has 0 spiro atoms. The zero-order valence-corrected chi connectivity index (χ0v) is 24.0. The minimum Gasteiger partial charge on any atom is -0.356 e. The van der Waals surface area contributed by atoms with Crippen LogP contribution < -0.4 is 0 Å². The first-order valence-electron chi connectivity index (χ1n) is 16.0. The van der Waals surface area contributed by atoms with Crippen LogP contribution in [0.2, 0.25) is 0 Å². The highest BCUT2D eigenvalue weighted by Crippen LogP contribution is 2.23. The summed E-state index contributed by atoms with van der Waals surface area (Å²) in [6.45, 7) is 9.43. The van der Waals surface area contributed by atoms with Crippen LogP contribution in [-0.2, 0) is 0 Å². The number of hydrogen-bond acceptors (Lipinski definition) is 2. The smallest absolute Gasteiger partial charge is 0.101 e. The summed E-state index contributed by atoms with van der Waals surface area (Å²) < 4.78 is 0. The Hall–Kier alpha value is -0.660. The predicted molar refractivity (Wildman–Crippen MR) is 154 cm³/mol. The highest BCUT2D eigenvalue weighted by atomic mass is 15.4. The standard InChI is InChI=1S/C32H64N2/c1-4-7-10-12-14-16-17-18-19-20-21-23-25-27-32-33(28-9-6-3)30-31-34(32)29-26-24-22-15-13-11-8-5-2/h30-32H,4-29H2,1-3H3. The minimum absolute atomic E-state index is 0.642. The third kappa shape index (κ3) is 16.9. The normalized spacial score (nSPS) is 15.7. The number of rotatable bonds is 26. The summed E-state index contributed by atoms with van der Waals surface area (Å²) in [5.41, 5.74) is 0. The molecule has 2 heteroatoms. The van der Waals surface area contributed by atoms with Crippen molar-refractivity contribution in [2.24, 2.45) is 0 Å². The SMILES string of the molecule is CCCCCCCCCCCCCCCC1N(CCCC)C=CN1CCCCCCCCCC. The van der Waals surface area contributed by atoms with Crippen molar-refractivity contribution in [2.75, 3.05) is 13.1 Å². The molecule has 34 heavy (non-hydrogen) atoms. The summed E-state index contributed by atoms with van der Waals surface area (Å²) in [4.78, 5) is 5.32. The van der Waals surface area contributed by atoms with E-state index in [0.717, 1.165) is 0 Å². The lowest BCUT2D eigenvalue weighted by Crippen LogP contribution is -2.39. The predicted octanol–water partition coefficient (Wildman–Crippen LogP) is 10.8. The van der Waals surface area contributed by atoms with Crippen molar-refractivity contribution >= 4 is 0 Å². The van der Waals surface area contributed by atoms with Gasteiger partial charge >= 0.3 is 0 Å². The Balaban J connectivity index is 2.10. The number of hydrogen-bond donors (Lipinski definition) is 0. The van der Waals surface area contributed by atoms with Gasteiger partial charge in [-0.2, -0.15) is 0 Å². The minimum atomic E-state index is 0.642. The van der Waals surface area contributed by atoms with Crippen molar-refractivity contribution in [2.45, 2.75) is 181 Å². The van der Waals surface area contributed by atoms with Gasteiger partial charge in [-0.1, -0.05) is 149 Å². The van der Waals surface area contributed by atoms with Gasteiger partial charge in [-0.25, -0.2) is 0 Å². The van der Waals surface area contributed by atoms with Gasteiger partial charge in [0, 0.05) is 25.5 Å². The fraction of sp³-hybridized carbons (Fsp3) is 0.938. The third-order valence-electron chi connectivity index (χ3n) is 7.82. The van der Waals surface area contributed by atoms with Crippen molar-refractivity contribution < 1.29 is 0 Å². The van der Waals surface area contributed by atoms with Gasteiger partial charge in [0.05, 0.1) is 0 Å². The van der Waals surface area contributed by atoms with E-state index >= 15 is 0 Å². The van der Waals surface area contributed by atoms with E-state index in [-0.39, 0.29) is 0 Å². The number of unbranched alkanes of at least 4 members (excludes halogenated alkanes) is 20. The molecule has 0 aliphatic carbocycles. The molecule has 0 amide bonds. The van der Waals surface area contributed by atoms with Gasteiger partial charge in [-0.05, 0) is 25.7 Å². The Kier molecular flexibility index (Phi) is 22.2. The monoisotopic (exact) mass is 477 g/mol. The van der Waals surface area contributed by atoms with Gasteiger partial charge in [0.25, 0.3) is 0 Å². The Bertz CT molecular complexity index is 433. The van der Waals surface area contributed by atoms with Crippen LogP contribution in [0.3, 0.4) is 0 Å². The fourth-order valence-electron chi connectivity index (χ4n) is 5.45. The van der Waals surface area contributed by atoms with E-state index in [4.69, 9.17) is 0 Å². The van der Waals surface area contributed by atoms with Crippen LogP contribution in [-0.4, -0.2) is 29.1 Å². The van der Waals surface area contributed by atoms with Gasteiger partial charge in [-0.15, -0.1) is 0 Å². The first-order valence-corrected chi connectivity index (χ1v) is 16.0. The maximum atomic E-state index is 2.67. The fourth-order valence-corrected chi connectivity index (χ4v) is 5.45. The lowest BCUT2D eigenvalue weighted by molar-refractivity contribution is 0.136. The van der Waals surface area contributed by atoms with Crippen LogP contribution in [0.5, 0.6) is 0 Å². The Morgan fingerprint density at radius 2 is 0.706 bits per heavy atom. The van der Waals surface area contributed by atoms with Gasteiger partial charge < -0.3 is 9.80 Å². The molecule has 1 atom stereocenters. The van der Waals surface area contributed by atoms with Crippen LogP contribution in [0.1, 0.15) is 175 Å². The van der Waals surface area contributed by atoms with Gasteiger partial charge in [-0.3, -0.25) is 0 Å². The first kappa shape index (κ1) is 31.4. The summed E-state index contributed by atoms with van der Waals surface area (Å²) >= 11 is 0. The average molecular weight is 477 g/mol. The first-order chi connectivity index (χ1) is 16.8. The van der Waals surface area contributed by atoms with Crippen LogP contribution in [0.4, 0.5) is 0 Å². The number of nitrogens with zero attached hydrogens (tertiary/aromatic N) is 2. The molecule has 0 saturated carbocycles. The average Bonchev–Trinajstić information content (AvgIpc) is 3.23. The van der Waals surface area contributed by atoms with E-state index in [0.29, 0.717) is 6.17 Å². The van der Waals surface area contributed by atoms with Crippen molar-refractivity contribution in [3.8, 4) is 0 Å². The molecule has 0 fully saturated rings. The van der Waals surface area contributed by atoms with Gasteiger partial charge in [0.2, 0.25) is 0 Å². The zero-order valence-electron chi connectivity index (χ0n) is 24.0. The molecule has 1 heterocycles. The molecule has 1 aliphatic rings. The maximum Gasteiger partial charge on any atom is 0.101 e. The summed E-state index contributed by atoms with van der Waals surface area (Å²) in [6.07, 6.45) is 39.6. The van der Waals surface area contributed by atoms with Crippen LogP contribution >= 0.6 is 0 Å². The second kappa shape index (κ2) is 24.1. The molecule has 202 valence electrons. The van der Waals surface area contributed by atoms with Gasteiger partial charge in [0.15, 0.2) is 0 Å². The molecule has 2 nitrogen and oxygen atoms in total. The molecule has 1 rings (SSSR count). The molecule has 0 radical (unpaired) electrons. The van der Waals surface area contributed by atoms with Crippen molar-refractivity contribution in [1.29, 1.82) is 0 Å². The zero-order chi connectivity index (χ0) is 24.5. The Morgan fingerprint density at radius 1 is 0.382 bits per heavy atom. The topological polar surface area (TPSA) is 6.48 Å². The quantitative estimate of drug-likeness (QED) is 0.114. The van der Waals surface area contributed by atoms with E-state index in [1.54, 1.807) is 0 Å². The van der Waals surface area contributed by atoms with E-state index < -0.39 is 0 Å². The Labute approximate surface area is 216 Å². The molecular formula is C32H64N2. The van der Waals surface area contributed by atoms with E-state index in [9.17, 15) is 0 Å². The lowest BCUT2D eigenvalue weighted by Gasteiger charge is -2.33. The van der Waals surface area contributed by atoms with Crippen LogP contribution in [0, 0.1) is 0 Å². The largest absolute Gasteiger partial charge is 0.356 e. The highest BCUT2D eigenvalue weighted by molar-refractivity contribution is 4.96. The Morgan fingerprint density at radius 3 is 1.12 bits per heavy atom. The van der Waals surface area contributed by atoms with E-state index in [2.05, 4.69) is 43.0 Å². The maximum absolute atomic E-state index is 2.67. The second-order valence-electron chi connectivity index (χ2n) is 11.1. The summed E-state index contributed by atoms with van der Waals surface area (Å²) in [7, 11) is 0. The molecule has 1 unspecified atom stereocenters. The van der Waals surface area contributed by atoms with Gasteiger partial charge in [0.1, 0.15) is 6.17 Å². The summed E-state index contributed by atoms with van der Waals surface area (Å²) in [5, 5.41) is 0. The molecule has 1 aliphatic heterocycles.